The monoisotopic (exact) mass is 435 g/mol. The van der Waals surface area contributed by atoms with Crippen LogP contribution in [0.15, 0.2) is 52.1 Å². The standard InChI is InChI=1S/C23H21N3O6/c1-13(21(29)16-7-8-18-15(11-16)9-10-25(18)14(2)27)32-20(28)12-26-19-6-4-3-5-17(19)24-22(30)23(26)31/h3-8,11,13H,9-10,12H2,1-2H3,(H,24,30). The molecule has 1 aliphatic rings. The minimum Gasteiger partial charge on any atom is -0.453 e. The lowest BCUT2D eigenvalue weighted by atomic mass is 10.0. The topological polar surface area (TPSA) is 119 Å². The Kier molecular flexibility index (Phi) is 5.48. The van der Waals surface area contributed by atoms with Crippen molar-refractivity contribution < 1.29 is 19.1 Å². The van der Waals surface area contributed by atoms with Crippen molar-refractivity contribution in [3.05, 3.63) is 74.3 Å². The Morgan fingerprint density at radius 3 is 2.62 bits per heavy atom. The number of aromatic amines is 1. The molecule has 9 nitrogen and oxygen atoms in total. The SMILES string of the molecule is CC(=O)N1CCc2cc(C(=O)C(C)OC(=O)Cn3c(=O)c(=O)[nH]c4ccccc43)ccc21. The summed E-state index contributed by atoms with van der Waals surface area (Å²) < 4.78 is 6.30. The predicted molar refractivity (Wildman–Crippen MR) is 117 cm³/mol. The van der Waals surface area contributed by atoms with E-state index in [-0.39, 0.29) is 5.91 Å². The summed E-state index contributed by atoms with van der Waals surface area (Å²) in [5.41, 5.74) is 1.08. The van der Waals surface area contributed by atoms with Gasteiger partial charge in [-0.3, -0.25) is 28.5 Å². The number of nitrogens with zero attached hydrogens (tertiary/aromatic N) is 2. The van der Waals surface area contributed by atoms with Crippen molar-refractivity contribution in [1.29, 1.82) is 0 Å². The number of aromatic nitrogens is 2. The fourth-order valence-electron chi connectivity index (χ4n) is 3.91. The number of amides is 1. The number of esters is 1. The number of carbonyl (C=O) groups is 3. The van der Waals surface area contributed by atoms with Crippen molar-refractivity contribution in [3.63, 3.8) is 0 Å². The maximum atomic E-state index is 12.8. The van der Waals surface area contributed by atoms with Crippen LogP contribution in [0.25, 0.3) is 11.0 Å². The van der Waals surface area contributed by atoms with Crippen molar-refractivity contribution in [3.8, 4) is 0 Å². The molecule has 0 saturated carbocycles. The van der Waals surface area contributed by atoms with Crippen LogP contribution in [-0.4, -0.2) is 39.9 Å². The number of ether oxygens (including phenoxy) is 1. The number of para-hydroxylation sites is 2. The molecule has 2 heterocycles. The molecule has 0 spiro atoms. The minimum atomic E-state index is -1.09. The Labute approximate surface area is 182 Å². The van der Waals surface area contributed by atoms with Crippen LogP contribution in [-0.2, 0) is 27.3 Å². The summed E-state index contributed by atoms with van der Waals surface area (Å²) in [5, 5.41) is 0. The number of nitrogens with one attached hydrogen (secondary N) is 1. The number of hydrogen-bond acceptors (Lipinski definition) is 6. The molecule has 3 aromatic rings. The molecule has 1 aromatic heterocycles. The fourth-order valence-corrected chi connectivity index (χ4v) is 3.91. The predicted octanol–water partition coefficient (Wildman–Crippen LogP) is 1.41. The van der Waals surface area contributed by atoms with Crippen LogP contribution in [0.2, 0.25) is 0 Å². The molecular weight excluding hydrogens is 414 g/mol. The molecule has 32 heavy (non-hydrogen) atoms. The first-order valence-electron chi connectivity index (χ1n) is 10.1. The maximum Gasteiger partial charge on any atom is 0.326 e. The Morgan fingerprint density at radius 2 is 1.88 bits per heavy atom. The van der Waals surface area contributed by atoms with Gasteiger partial charge in [-0.2, -0.15) is 0 Å². The molecule has 1 unspecified atom stereocenters. The van der Waals surface area contributed by atoms with Crippen LogP contribution in [0.1, 0.15) is 29.8 Å². The summed E-state index contributed by atoms with van der Waals surface area (Å²) in [6.45, 7) is 3.00. The molecule has 0 bridgehead atoms. The Balaban J connectivity index is 1.51. The van der Waals surface area contributed by atoms with Gasteiger partial charge in [-0.1, -0.05) is 12.1 Å². The highest BCUT2D eigenvalue weighted by molar-refractivity contribution is 6.02. The van der Waals surface area contributed by atoms with E-state index in [9.17, 15) is 24.0 Å². The van der Waals surface area contributed by atoms with Gasteiger partial charge >= 0.3 is 17.1 Å². The van der Waals surface area contributed by atoms with Crippen LogP contribution < -0.4 is 16.0 Å². The summed E-state index contributed by atoms with van der Waals surface area (Å²) >= 11 is 0. The molecule has 4 rings (SSSR count). The summed E-state index contributed by atoms with van der Waals surface area (Å²) in [5.74, 6) is -1.27. The lowest BCUT2D eigenvalue weighted by Gasteiger charge is -2.16. The van der Waals surface area contributed by atoms with E-state index in [1.807, 2.05) is 0 Å². The van der Waals surface area contributed by atoms with Gasteiger partial charge in [0.15, 0.2) is 6.10 Å². The second kappa shape index (κ2) is 8.26. The lowest BCUT2D eigenvalue weighted by molar-refractivity contribution is -0.147. The van der Waals surface area contributed by atoms with Gasteiger partial charge < -0.3 is 14.6 Å². The molecular formula is C23H21N3O6. The molecule has 0 fully saturated rings. The van der Waals surface area contributed by atoms with Crippen LogP contribution in [0, 0.1) is 0 Å². The zero-order chi connectivity index (χ0) is 23.0. The van der Waals surface area contributed by atoms with Gasteiger partial charge in [0.25, 0.3) is 0 Å². The Morgan fingerprint density at radius 1 is 1.12 bits per heavy atom. The number of hydrogen-bond donors (Lipinski definition) is 1. The third-order valence-electron chi connectivity index (χ3n) is 5.49. The third-order valence-corrected chi connectivity index (χ3v) is 5.49. The summed E-state index contributed by atoms with van der Waals surface area (Å²) in [4.78, 5) is 65.2. The molecule has 1 N–H and O–H groups in total. The molecule has 1 atom stereocenters. The highest BCUT2D eigenvalue weighted by Gasteiger charge is 2.26. The third kappa shape index (κ3) is 3.84. The molecule has 0 radical (unpaired) electrons. The smallest absolute Gasteiger partial charge is 0.326 e. The normalized spacial score (nSPS) is 13.6. The minimum absolute atomic E-state index is 0.0624. The van der Waals surface area contributed by atoms with E-state index >= 15 is 0 Å². The quantitative estimate of drug-likeness (QED) is 0.368. The van der Waals surface area contributed by atoms with Crippen molar-refractivity contribution in [1.82, 2.24) is 9.55 Å². The van der Waals surface area contributed by atoms with Crippen molar-refractivity contribution in [2.75, 3.05) is 11.4 Å². The maximum absolute atomic E-state index is 12.8. The van der Waals surface area contributed by atoms with E-state index in [0.29, 0.717) is 29.6 Å². The summed E-state index contributed by atoms with van der Waals surface area (Å²) in [6, 6.07) is 11.6. The highest BCUT2D eigenvalue weighted by Crippen LogP contribution is 2.29. The zero-order valence-electron chi connectivity index (χ0n) is 17.6. The Hall–Kier alpha value is -4.01. The van der Waals surface area contributed by atoms with Crippen LogP contribution in [0.4, 0.5) is 5.69 Å². The van der Waals surface area contributed by atoms with Crippen LogP contribution in [0.5, 0.6) is 0 Å². The zero-order valence-corrected chi connectivity index (χ0v) is 17.6. The molecule has 1 aliphatic heterocycles. The first-order chi connectivity index (χ1) is 15.3. The van der Waals surface area contributed by atoms with Gasteiger partial charge in [-0.05, 0) is 49.2 Å². The average Bonchev–Trinajstić information content (AvgIpc) is 3.20. The van der Waals surface area contributed by atoms with Crippen molar-refractivity contribution >= 4 is 34.4 Å². The highest BCUT2D eigenvalue weighted by atomic mass is 16.5. The second-order valence-electron chi connectivity index (χ2n) is 7.62. The number of carbonyl (C=O) groups excluding carboxylic acids is 3. The van der Waals surface area contributed by atoms with Gasteiger partial charge in [0.05, 0.1) is 11.0 Å². The molecule has 164 valence electrons. The van der Waals surface area contributed by atoms with Crippen LogP contribution in [0.3, 0.4) is 0 Å². The average molecular weight is 435 g/mol. The Bertz CT molecular complexity index is 1370. The van der Waals surface area contributed by atoms with Gasteiger partial charge in [0.1, 0.15) is 6.54 Å². The van der Waals surface area contributed by atoms with Gasteiger partial charge in [0.2, 0.25) is 11.7 Å². The van der Waals surface area contributed by atoms with E-state index in [1.165, 1.54) is 13.8 Å². The van der Waals surface area contributed by atoms with E-state index in [1.54, 1.807) is 47.4 Å². The van der Waals surface area contributed by atoms with Crippen molar-refractivity contribution in [2.24, 2.45) is 0 Å². The van der Waals surface area contributed by atoms with E-state index < -0.39 is 35.5 Å². The number of fused-ring (bicyclic) bond motifs is 2. The molecule has 0 saturated heterocycles. The van der Waals surface area contributed by atoms with Gasteiger partial charge in [0, 0.05) is 24.7 Å². The number of benzene rings is 2. The number of H-pyrrole nitrogens is 1. The van der Waals surface area contributed by atoms with E-state index in [2.05, 4.69) is 4.98 Å². The first kappa shape index (κ1) is 21.2. The molecule has 9 heteroatoms. The first-order valence-corrected chi connectivity index (χ1v) is 10.1. The summed E-state index contributed by atoms with van der Waals surface area (Å²) in [7, 11) is 0. The van der Waals surface area contributed by atoms with Crippen LogP contribution >= 0.6 is 0 Å². The van der Waals surface area contributed by atoms with E-state index in [4.69, 9.17) is 4.74 Å². The number of Topliss-reactive ketones (excluding diaryl/α,β-unsaturated/α-hetero) is 1. The number of ketones is 1. The number of anilines is 1. The fraction of sp³-hybridized carbons (Fsp3) is 0.261. The molecule has 0 aliphatic carbocycles. The largest absolute Gasteiger partial charge is 0.453 e. The van der Waals surface area contributed by atoms with Gasteiger partial charge in [-0.15, -0.1) is 0 Å². The molecule has 1 amide bonds. The second-order valence-corrected chi connectivity index (χ2v) is 7.62. The van der Waals surface area contributed by atoms with E-state index in [0.717, 1.165) is 15.8 Å². The summed E-state index contributed by atoms with van der Waals surface area (Å²) in [6.07, 6.45) is -0.447. The number of rotatable bonds is 5. The lowest BCUT2D eigenvalue weighted by Crippen LogP contribution is -2.38. The van der Waals surface area contributed by atoms with Gasteiger partial charge in [-0.25, -0.2) is 0 Å². The molecule has 2 aromatic carbocycles. The van der Waals surface area contributed by atoms with Crippen molar-refractivity contribution in [2.45, 2.75) is 32.9 Å².